The fourth-order valence-electron chi connectivity index (χ4n) is 2.65. The van der Waals surface area contributed by atoms with Gasteiger partial charge in [-0.3, -0.25) is 9.20 Å². The van der Waals surface area contributed by atoms with Gasteiger partial charge in [0.2, 0.25) is 0 Å². The van der Waals surface area contributed by atoms with Crippen LogP contribution in [0, 0.1) is 0 Å². The lowest BCUT2D eigenvalue weighted by molar-refractivity contribution is 0.0953. The first-order valence-electron chi connectivity index (χ1n) is 8.71. The summed E-state index contributed by atoms with van der Waals surface area (Å²) in [5.41, 5.74) is 1.19. The number of methoxy groups -OCH3 is 1. The molecule has 2 heterocycles. The molecule has 0 fully saturated rings. The van der Waals surface area contributed by atoms with Crippen LogP contribution in [0.5, 0.6) is 11.5 Å². The van der Waals surface area contributed by atoms with Crippen LogP contribution in [0.25, 0.3) is 5.65 Å². The van der Waals surface area contributed by atoms with Gasteiger partial charge in [0.25, 0.3) is 5.91 Å². The molecule has 0 spiro atoms. The summed E-state index contributed by atoms with van der Waals surface area (Å²) in [5, 5.41) is 11.5. The van der Waals surface area contributed by atoms with Crippen LogP contribution in [0.2, 0.25) is 5.02 Å². The van der Waals surface area contributed by atoms with Crippen LogP contribution in [-0.2, 0) is 6.42 Å². The van der Waals surface area contributed by atoms with Crippen LogP contribution >= 0.6 is 11.6 Å². The van der Waals surface area contributed by atoms with Gasteiger partial charge >= 0.3 is 0 Å². The van der Waals surface area contributed by atoms with Crippen LogP contribution < -0.4 is 14.8 Å². The highest BCUT2D eigenvalue weighted by Crippen LogP contribution is 2.36. The van der Waals surface area contributed by atoms with E-state index in [4.69, 9.17) is 21.1 Å². The topological polar surface area (TPSA) is 77.8 Å². The molecule has 3 aromatic rings. The third kappa shape index (κ3) is 4.31. The van der Waals surface area contributed by atoms with Crippen LogP contribution in [0.3, 0.4) is 0 Å². The van der Waals surface area contributed by atoms with E-state index in [1.165, 1.54) is 7.11 Å². The number of amides is 1. The number of nitrogens with zero attached hydrogens (tertiary/aromatic N) is 3. The number of fused-ring (bicyclic) bond motifs is 1. The molecule has 0 atom stereocenters. The van der Waals surface area contributed by atoms with Crippen molar-refractivity contribution in [1.82, 2.24) is 19.9 Å². The summed E-state index contributed by atoms with van der Waals surface area (Å²) in [6.07, 6.45) is 3.30. The third-order valence-corrected chi connectivity index (χ3v) is 4.24. The Bertz CT molecular complexity index is 942. The second-order valence-electron chi connectivity index (χ2n) is 5.89. The van der Waals surface area contributed by atoms with Crippen molar-refractivity contribution in [2.75, 3.05) is 20.3 Å². The minimum absolute atomic E-state index is 0.244. The van der Waals surface area contributed by atoms with Crippen LogP contribution in [0.1, 0.15) is 29.5 Å². The van der Waals surface area contributed by atoms with Gasteiger partial charge in [-0.25, -0.2) is 0 Å². The average Bonchev–Trinajstić information content (AvgIpc) is 3.09. The number of ether oxygens (including phenoxy) is 2. The van der Waals surface area contributed by atoms with E-state index in [1.807, 2.05) is 35.7 Å². The number of aromatic nitrogens is 3. The molecule has 1 amide bonds. The standard InChI is InChI=1S/C19H21ClN4O3/c1-3-10-27-18-14(20)11-13(12-15(18)26-2)19(25)21-8-7-17-23-22-16-6-4-5-9-24(16)17/h4-6,9,11-12H,3,7-8,10H2,1-2H3,(H,21,25). The predicted octanol–water partition coefficient (Wildman–Crippen LogP) is 3.15. The number of hydrogen-bond donors (Lipinski definition) is 1. The number of rotatable bonds is 8. The highest BCUT2D eigenvalue weighted by molar-refractivity contribution is 6.32. The predicted molar refractivity (Wildman–Crippen MR) is 103 cm³/mol. The first kappa shape index (κ1) is 19.0. The van der Waals surface area contributed by atoms with E-state index in [0.29, 0.717) is 41.7 Å². The maximum atomic E-state index is 12.5. The van der Waals surface area contributed by atoms with Crippen molar-refractivity contribution in [2.45, 2.75) is 19.8 Å². The smallest absolute Gasteiger partial charge is 0.251 e. The fourth-order valence-corrected chi connectivity index (χ4v) is 2.91. The summed E-state index contributed by atoms with van der Waals surface area (Å²) in [5.74, 6) is 1.42. The molecule has 0 radical (unpaired) electrons. The zero-order valence-electron chi connectivity index (χ0n) is 15.2. The first-order chi connectivity index (χ1) is 13.1. The lowest BCUT2D eigenvalue weighted by atomic mass is 10.2. The highest BCUT2D eigenvalue weighted by atomic mass is 35.5. The normalized spacial score (nSPS) is 10.8. The zero-order chi connectivity index (χ0) is 19.2. The molecular weight excluding hydrogens is 368 g/mol. The van der Waals surface area contributed by atoms with Gasteiger partial charge in [-0.05, 0) is 30.7 Å². The van der Waals surface area contributed by atoms with Gasteiger partial charge < -0.3 is 14.8 Å². The van der Waals surface area contributed by atoms with Crippen LogP contribution in [0.4, 0.5) is 0 Å². The fraction of sp³-hybridized carbons (Fsp3) is 0.316. The third-order valence-electron chi connectivity index (χ3n) is 3.96. The number of benzene rings is 1. The van der Waals surface area contributed by atoms with Crippen molar-refractivity contribution in [2.24, 2.45) is 0 Å². The van der Waals surface area contributed by atoms with Crippen molar-refractivity contribution >= 4 is 23.2 Å². The van der Waals surface area contributed by atoms with E-state index in [9.17, 15) is 4.79 Å². The Hall–Kier alpha value is -2.80. The van der Waals surface area contributed by atoms with Crippen molar-refractivity contribution in [1.29, 1.82) is 0 Å². The van der Waals surface area contributed by atoms with E-state index in [2.05, 4.69) is 15.5 Å². The largest absolute Gasteiger partial charge is 0.493 e. The zero-order valence-corrected chi connectivity index (χ0v) is 16.0. The minimum Gasteiger partial charge on any atom is -0.493 e. The summed E-state index contributed by atoms with van der Waals surface area (Å²) in [6.45, 7) is 2.94. The maximum absolute atomic E-state index is 12.5. The van der Waals surface area contributed by atoms with Crippen LogP contribution in [0.15, 0.2) is 36.5 Å². The summed E-state index contributed by atoms with van der Waals surface area (Å²) >= 11 is 6.27. The van der Waals surface area contributed by atoms with Crippen molar-refractivity contribution in [3.8, 4) is 11.5 Å². The molecule has 27 heavy (non-hydrogen) atoms. The maximum Gasteiger partial charge on any atom is 0.251 e. The van der Waals surface area contributed by atoms with Gasteiger partial charge in [0.15, 0.2) is 17.1 Å². The van der Waals surface area contributed by atoms with Crippen molar-refractivity contribution < 1.29 is 14.3 Å². The number of pyridine rings is 1. The summed E-state index contributed by atoms with van der Waals surface area (Å²) in [6, 6.07) is 8.90. The molecule has 142 valence electrons. The van der Waals surface area contributed by atoms with Crippen molar-refractivity contribution in [3.05, 3.63) is 52.9 Å². The minimum atomic E-state index is -0.244. The summed E-state index contributed by atoms with van der Waals surface area (Å²) < 4.78 is 12.8. The highest BCUT2D eigenvalue weighted by Gasteiger charge is 2.16. The molecule has 1 aromatic carbocycles. The summed E-state index contributed by atoms with van der Waals surface area (Å²) in [7, 11) is 1.52. The molecule has 3 rings (SSSR count). The Labute approximate surface area is 162 Å². The molecule has 0 unspecified atom stereocenters. The molecule has 2 aromatic heterocycles. The first-order valence-corrected chi connectivity index (χ1v) is 9.09. The second kappa shape index (κ2) is 8.73. The van der Waals surface area contributed by atoms with Gasteiger partial charge in [-0.1, -0.05) is 24.6 Å². The average molecular weight is 389 g/mol. The number of halogens is 1. The molecule has 1 N–H and O–H groups in total. The van der Waals surface area contributed by atoms with E-state index in [-0.39, 0.29) is 5.91 Å². The Kier molecular flexibility index (Phi) is 6.13. The second-order valence-corrected chi connectivity index (χ2v) is 6.30. The quantitative estimate of drug-likeness (QED) is 0.641. The molecule has 0 aliphatic carbocycles. The Morgan fingerprint density at radius 2 is 2.15 bits per heavy atom. The molecule has 0 bridgehead atoms. The molecule has 0 aliphatic heterocycles. The molecule has 7 nitrogen and oxygen atoms in total. The SMILES string of the molecule is CCCOc1c(Cl)cc(C(=O)NCCc2nnc3ccccn23)cc1OC. The van der Waals surface area contributed by atoms with Gasteiger partial charge in [-0.15, -0.1) is 10.2 Å². The van der Waals surface area contributed by atoms with Gasteiger partial charge in [0, 0.05) is 24.7 Å². The van der Waals surface area contributed by atoms with Gasteiger partial charge in [0.05, 0.1) is 18.7 Å². The summed E-state index contributed by atoms with van der Waals surface area (Å²) in [4.78, 5) is 12.5. The number of carbonyl (C=O) groups is 1. The van der Waals surface area contributed by atoms with E-state index >= 15 is 0 Å². The van der Waals surface area contributed by atoms with E-state index in [0.717, 1.165) is 17.9 Å². The van der Waals surface area contributed by atoms with Gasteiger partial charge in [-0.2, -0.15) is 0 Å². The van der Waals surface area contributed by atoms with Crippen LogP contribution in [-0.4, -0.2) is 40.8 Å². The Morgan fingerprint density at radius 1 is 1.30 bits per heavy atom. The number of hydrogen-bond acceptors (Lipinski definition) is 5. The Balaban J connectivity index is 1.66. The molecule has 0 aliphatic rings. The molecule has 8 heteroatoms. The number of carbonyl (C=O) groups excluding carboxylic acids is 1. The lowest BCUT2D eigenvalue weighted by Gasteiger charge is -2.13. The van der Waals surface area contributed by atoms with Gasteiger partial charge in [0.1, 0.15) is 5.82 Å². The van der Waals surface area contributed by atoms with E-state index < -0.39 is 0 Å². The molecule has 0 saturated carbocycles. The Morgan fingerprint density at radius 3 is 2.93 bits per heavy atom. The molecular formula is C19H21ClN4O3. The molecule has 0 saturated heterocycles. The van der Waals surface area contributed by atoms with Crippen molar-refractivity contribution in [3.63, 3.8) is 0 Å². The lowest BCUT2D eigenvalue weighted by Crippen LogP contribution is -2.26. The monoisotopic (exact) mass is 388 g/mol. The van der Waals surface area contributed by atoms with E-state index in [1.54, 1.807) is 12.1 Å². The number of nitrogens with one attached hydrogen (secondary N) is 1.